The molecule has 0 spiro atoms. The summed E-state index contributed by atoms with van der Waals surface area (Å²) in [6.45, 7) is 1.31. The lowest BCUT2D eigenvalue weighted by Gasteiger charge is -2.32. The number of hydrogen-bond acceptors (Lipinski definition) is 6. The van der Waals surface area contributed by atoms with Crippen LogP contribution in [0.1, 0.15) is 18.4 Å². The number of nitrogens with zero attached hydrogens (tertiary/aromatic N) is 4. The first-order chi connectivity index (χ1) is 13.1. The monoisotopic (exact) mass is 370 g/mol. The number of aromatic nitrogens is 2. The Balaban J connectivity index is 1.59. The maximum absolute atomic E-state index is 12.7. The Hall–Kier alpha value is -2.83. The lowest BCUT2D eigenvalue weighted by atomic mass is 10.1. The average molecular weight is 370 g/mol. The lowest BCUT2D eigenvalue weighted by molar-refractivity contribution is -0.133. The molecule has 3 rings (SSSR count). The van der Waals surface area contributed by atoms with E-state index in [0.29, 0.717) is 18.8 Å². The molecule has 1 aromatic heterocycles. The third-order valence-corrected chi connectivity index (χ3v) is 4.64. The molecule has 1 saturated heterocycles. The van der Waals surface area contributed by atoms with Gasteiger partial charge in [0.2, 0.25) is 11.8 Å². The second kappa shape index (κ2) is 8.70. The summed E-state index contributed by atoms with van der Waals surface area (Å²) in [5.74, 6) is 2.10. The molecular weight excluding hydrogens is 344 g/mol. The minimum atomic E-state index is -0.0696. The third-order valence-electron chi connectivity index (χ3n) is 4.64. The van der Waals surface area contributed by atoms with Gasteiger partial charge in [0.05, 0.1) is 20.1 Å². The van der Waals surface area contributed by atoms with E-state index in [2.05, 4.69) is 10.2 Å². The van der Waals surface area contributed by atoms with Crippen molar-refractivity contribution >= 4 is 11.7 Å². The number of piperidine rings is 1. The minimum absolute atomic E-state index is 0.0696. The lowest BCUT2D eigenvalue weighted by Crippen LogP contribution is -2.45. The van der Waals surface area contributed by atoms with Crippen molar-refractivity contribution < 1.29 is 14.3 Å². The summed E-state index contributed by atoms with van der Waals surface area (Å²) in [6, 6.07) is 11.3. The fourth-order valence-electron chi connectivity index (χ4n) is 3.17. The van der Waals surface area contributed by atoms with Gasteiger partial charge in [0.1, 0.15) is 11.9 Å². The number of ether oxygens (including phenoxy) is 2. The van der Waals surface area contributed by atoms with Crippen LogP contribution in [0.2, 0.25) is 0 Å². The number of hydrogen-bond donors (Lipinski definition) is 0. The number of carbonyl (C=O) groups is 1. The second-order valence-corrected chi connectivity index (χ2v) is 6.83. The number of para-hydroxylation sites is 1. The summed E-state index contributed by atoms with van der Waals surface area (Å²) >= 11 is 0. The number of rotatable bonds is 6. The van der Waals surface area contributed by atoms with E-state index in [9.17, 15) is 4.79 Å². The predicted octanol–water partition coefficient (Wildman–Crippen LogP) is 2.16. The zero-order valence-corrected chi connectivity index (χ0v) is 16.1. The number of carbonyl (C=O) groups excluding carboxylic acids is 1. The first-order valence-electron chi connectivity index (χ1n) is 9.14. The Morgan fingerprint density at radius 3 is 2.74 bits per heavy atom. The van der Waals surface area contributed by atoms with Gasteiger partial charge in [0.25, 0.3) is 0 Å². The standard InChI is InChI=1S/C20H26N4O3/c1-23(2)18-10-11-19(22-21-18)27-16-8-6-12-24(14-16)20(25)13-15-7-4-5-9-17(15)26-3/h4-5,7,9-11,16H,6,8,12-14H2,1-3H3. The van der Waals surface area contributed by atoms with Gasteiger partial charge in [-0.1, -0.05) is 18.2 Å². The number of likely N-dealkylation sites (tertiary alicyclic amines) is 1. The number of methoxy groups -OCH3 is 1. The minimum Gasteiger partial charge on any atom is -0.496 e. The Morgan fingerprint density at radius 1 is 1.22 bits per heavy atom. The van der Waals surface area contributed by atoms with Crippen LogP contribution >= 0.6 is 0 Å². The molecule has 7 nitrogen and oxygen atoms in total. The Bertz CT molecular complexity index is 764. The average Bonchev–Trinajstić information content (AvgIpc) is 2.69. The van der Waals surface area contributed by atoms with E-state index in [-0.39, 0.29) is 12.0 Å². The van der Waals surface area contributed by atoms with Crippen LogP contribution in [0.5, 0.6) is 11.6 Å². The summed E-state index contributed by atoms with van der Waals surface area (Å²) in [5, 5.41) is 8.25. The fourth-order valence-corrected chi connectivity index (χ4v) is 3.17. The van der Waals surface area contributed by atoms with Gasteiger partial charge in [-0.15, -0.1) is 10.2 Å². The zero-order chi connectivity index (χ0) is 19.2. The van der Waals surface area contributed by atoms with Crippen molar-refractivity contribution in [2.24, 2.45) is 0 Å². The molecule has 0 aliphatic carbocycles. The van der Waals surface area contributed by atoms with Crippen molar-refractivity contribution in [3.8, 4) is 11.6 Å². The van der Waals surface area contributed by atoms with Gasteiger partial charge in [0.15, 0.2) is 5.82 Å². The van der Waals surface area contributed by atoms with Gasteiger partial charge in [-0.3, -0.25) is 4.79 Å². The normalized spacial score (nSPS) is 16.7. The van der Waals surface area contributed by atoms with Gasteiger partial charge in [-0.05, 0) is 25.0 Å². The molecule has 1 unspecified atom stereocenters. The topological polar surface area (TPSA) is 67.8 Å². The van der Waals surface area contributed by atoms with E-state index in [4.69, 9.17) is 9.47 Å². The van der Waals surface area contributed by atoms with E-state index in [0.717, 1.165) is 36.5 Å². The molecule has 0 N–H and O–H groups in total. The van der Waals surface area contributed by atoms with Crippen LogP contribution in [0.3, 0.4) is 0 Å². The SMILES string of the molecule is COc1ccccc1CC(=O)N1CCCC(Oc2ccc(N(C)C)nn2)C1. The number of anilines is 1. The smallest absolute Gasteiger partial charge is 0.233 e. The van der Waals surface area contributed by atoms with Crippen molar-refractivity contribution in [1.82, 2.24) is 15.1 Å². The van der Waals surface area contributed by atoms with Crippen LogP contribution in [0.4, 0.5) is 5.82 Å². The molecule has 1 aliphatic heterocycles. The molecule has 1 aliphatic rings. The van der Waals surface area contributed by atoms with Gasteiger partial charge in [-0.2, -0.15) is 0 Å². The van der Waals surface area contributed by atoms with Crippen molar-refractivity contribution in [2.75, 3.05) is 39.2 Å². The maximum atomic E-state index is 12.7. The van der Waals surface area contributed by atoms with E-state index in [1.807, 2.05) is 60.3 Å². The van der Waals surface area contributed by atoms with Crippen molar-refractivity contribution in [2.45, 2.75) is 25.4 Å². The van der Waals surface area contributed by atoms with Crippen molar-refractivity contribution in [3.05, 3.63) is 42.0 Å². The van der Waals surface area contributed by atoms with Gasteiger partial charge < -0.3 is 19.3 Å². The van der Waals surface area contributed by atoms with E-state index >= 15 is 0 Å². The summed E-state index contributed by atoms with van der Waals surface area (Å²) < 4.78 is 11.3. The molecule has 2 aromatic rings. The molecule has 7 heteroatoms. The molecule has 0 radical (unpaired) electrons. The molecule has 1 amide bonds. The molecule has 1 fully saturated rings. The van der Waals surface area contributed by atoms with E-state index in [1.54, 1.807) is 7.11 Å². The Labute approximate surface area is 159 Å². The largest absolute Gasteiger partial charge is 0.496 e. The Kier molecular flexibility index (Phi) is 6.11. The molecule has 2 heterocycles. The van der Waals surface area contributed by atoms with Crippen molar-refractivity contribution in [1.29, 1.82) is 0 Å². The van der Waals surface area contributed by atoms with Gasteiger partial charge >= 0.3 is 0 Å². The van der Waals surface area contributed by atoms with E-state index in [1.165, 1.54) is 0 Å². The van der Waals surface area contributed by atoms with Gasteiger partial charge in [0, 0.05) is 32.3 Å². The maximum Gasteiger partial charge on any atom is 0.233 e. The van der Waals surface area contributed by atoms with Crippen LogP contribution in [-0.2, 0) is 11.2 Å². The molecule has 0 saturated carbocycles. The van der Waals surface area contributed by atoms with Crippen LogP contribution in [-0.4, -0.2) is 61.4 Å². The molecule has 0 bridgehead atoms. The predicted molar refractivity (Wildman–Crippen MR) is 103 cm³/mol. The molecule has 144 valence electrons. The summed E-state index contributed by atoms with van der Waals surface area (Å²) in [7, 11) is 5.45. The first kappa shape index (κ1) is 18.9. The van der Waals surface area contributed by atoms with E-state index < -0.39 is 0 Å². The van der Waals surface area contributed by atoms with Crippen LogP contribution in [0.25, 0.3) is 0 Å². The number of amides is 1. The fraction of sp³-hybridized carbons (Fsp3) is 0.450. The molecule has 27 heavy (non-hydrogen) atoms. The highest BCUT2D eigenvalue weighted by Gasteiger charge is 2.25. The van der Waals surface area contributed by atoms with Crippen LogP contribution in [0.15, 0.2) is 36.4 Å². The molecule has 1 atom stereocenters. The summed E-state index contributed by atoms with van der Waals surface area (Å²) in [4.78, 5) is 16.5. The van der Waals surface area contributed by atoms with Crippen LogP contribution < -0.4 is 14.4 Å². The summed E-state index contributed by atoms with van der Waals surface area (Å²) in [5.41, 5.74) is 0.901. The first-order valence-corrected chi connectivity index (χ1v) is 9.14. The number of benzene rings is 1. The highest BCUT2D eigenvalue weighted by atomic mass is 16.5. The van der Waals surface area contributed by atoms with Crippen LogP contribution in [0, 0.1) is 0 Å². The molecular formula is C20H26N4O3. The second-order valence-electron chi connectivity index (χ2n) is 6.83. The van der Waals surface area contributed by atoms with Gasteiger partial charge in [-0.25, -0.2) is 0 Å². The highest BCUT2D eigenvalue weighted by Crippen LogP contribution is 2.21. The zero-order valence-electron chi connectivity index (χ0n) is 16.1. The quantitative estimate of drug-likeness (QED) is 0.776. The third kappa shape index (κ3) is 4.87. The Morgan fingerprint density at radius 2 is 2.04 bits per heavy atom. The summed E-state index contributed by atoms with van der Waals surface area (Å²) in [6.07, 6.45) is 2.06. The molecule has 1 aromatic carbocycles. The van der Waals surface area contributed by atoms with Crippen molar-refractivity contribution in [3.63, 3.8) is 0 Å². The highest BCUT2D eigenvalue weighted by molar-refractivity contribution is 5.79.